The number of hydrogen-bond donors (Lipinski definition) is 1. The highest BCUT2D eigenvalue weighted by atomic mass is 16.5. The molecule has 0 spiro atoms. The maximum absolute atomic E-state index is 5.36. The molecular weight excluding hydrogens is 232 g/mol. The number of pyridine rings is 1. The first-order valence-electron chi connectivity index (χ1n) is 5.92. The molecule has 1 atom stereocenters. The molecule has 1 unspecified atom stereocenters. The first-order chi connectivity index (χ1) is 8.83. The Balaban J connectivity index is 1.84. The van der Waals surface area contributed by atoms with Crippen LogP contribution < -0.4 is 5.32 Å². The van der Waals surface area contributed by atoms with Gasteiger partial charge in [0, 0.05) is 12.2 Å². The predicted octanol–water partition coefficient (Wildman–Crippen LogP) is 1.10. The van der Waals surface area contributed by atoms with Crippen molar-refractivity contribution in [2.75, 3.05) is 19.8 Å². The average molecular weight is 246 g/mol. The Labute approximate surface area is 104 Å². The molecule has 1 aliphatic rings. The average Bonchev–Trinajstić information content (AvgIpc) is 2.89. The Morgan fingerprint density at radius 1 is 1.33 bits per heavy atom. The second kappa shape index (κ2) is 4.83. The number of nitrogens with zero attached hydrogens (tertiary/aromatic N) is 3. The minimum Gasteiger partial charge on any atom is -0.378 e. The number of nitrogens with one attached hydrogen (secondary N) is 1. The van der Waals surface area contributed by atoms with Crippen LogP contribution in [0.4, 0.5) is 0 Å². The van der Waals surface area contributed by atoms with Gasteiger partial charge in [0.15, 0.2) is 0 Å². The number of morpholine rings is 1. The van der Waals surface area contributed by atoms with Gasteiger partial charge in [-0.1, -0.05) is 11.2 Å². The Kier molecular flexibility index (Phi) is 3.04. The fraction of sp³-hybridized carbons (Fsp3) is 0.417. The van der Waals surface area contributed by atoms with E-state index in [2.05, 4.69) is 20.4 Å². The molecule has 18 heavy (non-hydrogen) atoms. The summed E-state index contributed by atoms with van der Waals surface area (Å²) in [7, 11) is 0. The molecule has 94 valence electrons. The molecule has 0 aliphatic carbocycles. The number of aryl methyl sites for hydroxylation is 1. The van der Waals surface area contributed by atoms with Gasteiger partial charge < -0.3 is 14.6 Å². The lowest BCUT2D eigenvalue weighted by Gasteiger charge is -2.20. The van der Waals surface area contributed by atoms with Crippen molar-refractivity contribution >= 4 is 0 Å². The number of rotatable bonds is 2. The molecule has 6 nitrogen and oxygen atoms in total. The Bertz CT molecular complexity index is 534. The van der Waals surface area contributed by atoms with E-state index in [1.165, 1.54) is 0 Å². The molecule has 3 rings (SSSR count). The molecule has 0 aromatic carbocycles. The van der Waals surface area contributed by atoms with Crippen LogP contribution in [0.5, 0.6) is 0 Å². The fourth-order valence-corrected chi connectivity index (χ4v) is 1.87. The molecule has 6 heteroatoms. The summed E-state index contributed by atoms with van der Waals surface area (Å²) < 4.78 is 10.6. The lowest BCUT2D eigenvalue weighted by atomic mass is 10.2. The third kappa shape index (κ3) is 2.25. The molecule has 0 amide bonds. The number of hydrogen-bond acceptors (Lipinski definition) is 6. The fourth-order valence-electron chi connectivity index (χ4n) is 1.87. The van der Waals surface area contributed by atoms with Gasteiger partial charge in [-0.05, 0) is 19.1 Å². The summed E-state index contributed by atoms with van der Waals surface area (Å²) in [6, 6.07) is 5.70. The summed E-state index contributed by atoms with van der Waals surface area (Å²) in [5.41, 5.74) is 1.65. The van der Waals surface area contributed by atoms with Gasteiger partial charge >= 0.3 is 0 Å². The van der Waals surface area contributed by atoms with E-state index in [1.54, 1.807) is 0 Å². The van der Waals surface area contributed by atoms with Crippen LogP contribution in [0.2, 0.25) is 0 Å². The van der Waals surface area contributed by atoms with Crippen molar-refractivity contribution in [2.24, 2.45) is 0 Å². The molecular formula is C12H14N4O2. The van der Waals surface area contributed by atoms with Gasteiger partial charge in [0.1, 0.15) is 11.7 Å². The zero-order valence-corrected chi connectivity index (χ0v) is 10.1. The Hall–Kier alpha value is -1.79. The van der Waals surface area contributed by atoms with Gasteiger partial charge in [0.2, 0.25) is 11.7 Å². The minimum absolute atomic E-state index is 0.0233. The van der Waals surface area contributed by atoms with E-state index in [9.17, 15) is 0 Å². The van der Waals surface area contributed by atoms with Gasteiger partial charge in [-0.3, -0.25) is 0 Å². The lowest BCUT2D eigenvalue weighted by Crippen LogP contribution is -2.34. The van der Waals surface area contributed by atoms with Crippen molar-refractivity contribution in [3.63, 3.8) is 0 Å². The summed E-state index contributed by atoms with van der Waals surface area (Å²) >= 11 is 0. The zero-order chi connectivity index (χ0) is 12.4. The summed E-state index contributed by atoms with van der Waals surface area (Å²) in [5, 5.41) is 7.23. The topological polar surface area (TPSA) is 73.1 Å². The van der Waals surface area contributed by atoms with Gasteiger partial charge in [0.25, 0.3) is 0 Å². The molecule has 1 aliphatic heterocycles. The third-order valence-corrected chi connectivity index (χ3v) is 2.78. The summed E-state index contributed by atoms with van der Waals surface area (Å²) in [5.74, 6) is 1.06. The standard InChI is InChI=1S/C12H14N4O2/c1-8-3-2-4-9(14-8)11-15-12(18-16-11)10-7-17-6-5-13-10/h2-4,10,13H,5-7H2,1H3. The van der Waals surface area contributed by atoms with Crippen molar-refractivity contribution in [2.45, 2.75) is 13.0 Å². The molecule has 2 aromatic heterocycles. The lowest BCUT2D eigenvalue weighted by molar-refractivity contribution is 0.0659. The van der Waals surface area contributed by atoms with Crippen LogP contribution in [-0.2, 0) is 4.74 Å². The molecule has 2 aromatic rings. The van der Waals surface area contributed by atoms with Gasteiger partial charge in [-0.25, -0.2) is 4.98 Å². The zero-order valence-electron chi connectivity index (χ0n) is 10.1. The van der Waals surface area contributed by atoms with E-state index in [0.717, 1.165) is 24.5 Å². The molecule has 0 bridgehead atoms. The van der Waals surface area contributed by atoms with Crippen LogP contribution in [0.1, 0.15) is 17.6 Å². The number of aromatic nitrogens is 3. The normalized spacial score (nSPS) is 19.9. The van der Waals surface area contributed by atoms with Crippen molar-refractivity contribution in [3.8, 4) is 11.5 Å². The van der Waals surface area contributed by atoms with Crippen LogP contribution >= 0.6 is 0 Å². The summed E-state index contributed by atoms with van der Waals surface area (Å²) in [4.78, 5) is 8.73. The van der Waals surface area contributed by atoms with Gasteiger partial charge in [-0.2, -0.15) is 4.98 Å². The third-order valence-electron chi connectivity index (χ3n) is 2.78. The largest absolute Gasteiger partial charge is 0.378 e. The first-order valence-corrected chi connectivity index (χ1v) is 5.92. The van der Waals surface area contributed by atoms with E-state index in [0.29, 0.717) is 18.3 Å². The van der Waals surface area contributed by atoms with E-state index < -0.39 is 0 Å². The smallest absolute Gasteiger partial charge is 0.246 e. The van der Waals surface area contributed by atoms with Gasteiger partial charge in [0.05, 0.1) is 13.2 Å². The molecule has 0 saturated carbocycles. The van der Waals surface area contributed by atoms with E-state index in [1.807, 2.05) is 25.1 Å². The minimum atomic E-state index is -0.0233. The van der Waals surface area contributed by atoms with Crippen LogP contribution in [-0.4, -0.2) is 34.9 Å². The van der Waals surface area contributed by atoms with Crippen LogP contribution in [0.25, 0.3) is 11.5 Å². The second-order valence-electron chi connectivity index (χ2n) is 4.20. The predicted molar refractivity (Wildman–Crippen MR) is 63.8 cm³/mol. The SMILES string of the molecule is Cc1cccc(-c2noc(C3COCCN3)n2)n1. The Morgan fingerprint density at radius 2 is 2.28 bits per heavy atom. The van der Waals surface area contributed by atoms with Crippen LogP contribution in [0.3, 0.4) is 0 Å². The molecule has 0 radical (unpaired) electrons. The van der Waals surface area contributed by atoms with Crippen molar-refractivity contribution in [1.82, 2.24) is 20.4 Å². The van der Waals surface area contributed by atoms with E-state index in [-0.39, 0.29) is 6.04 Å². The highest BCUT2D eigenvalue weighted by molar-refractivity contribution is 5.48. The van der Waals surface area contributed by atoms with E-state index >= 15 is 0 Å². The number of ether oxygens (including phenoxy) is 1. The van der Waals surface area contributed by atoms with Gasteiger partial charge in [-0.15, -0.1) is 0 Å². The van der Waals surface area contributed by atoms with Crippen LogP contribution in [0.15, 0.2) is 22.7 Å². The summed E-state index contributed by atoms with van der Waals surface area (Å²) in [6.45, 7) is 4.01. The highest BCUT2D eigenvalue weighted by Gasteiger charge is 2.22. The van der Waals surface area contributed by atoms with E-state index in [4.69, 9.17) is 9.26 Å². The quantitative estimate of drug-likeness (QED) is 0.855. The first kappa shape index (κ1) is 11.3. The van der Waals surface area contributed by atoms with Crippen molar-refractivity contribution in [1.29, 1.82) is 0 Å². The van der Waals surface area contributed by atoms with Crippen molar-refractivity contribution < 1.29 is 9.26 Å². The molecule has 1 saturated heterocycles. The second-order valence-corrected chi connectivity index (χ2v) is 4.20. The molecule has 1 fully saturated rings. The van der Waals surface area contributed by atoms with Crippen molar-refractivity contribution in [3.05, 3.63) is 29.8 Å². The summed E-state index contributed by atoms with van der Waals surface area (Å²) in [6.07, 6.45) is 0. The van der Waals surface area contributed by atoms with Crippen LogP contribution in [0, 0.1) is 6.92 Å². The maximum Gasteiger partial charge on any atom is 0.246 e. The Morgan fingerprint density at radius 3 is 3.06 bits per heavy atom. The molecule has 1 N–H and O–H groups in total. The molecule has 3 heterocycles. The monoisotopic (exact) mass is 246 g/mol. The highest BCUT2D eigenvalue weighted by Crippen LogP contribution is 2.18. The maximum atomic E-state index is 5.36.